The molecule has 0 radical (unpaired) electrons. The summed E-state index contributed by atoms with van der Waals surface area (Å²) in [5.74, 6) is 3.06. The molecule has 3 aliphatic rings. The van der Waals surface area contributed by atoms with Crippen LogP contribution in [0.25, 0.3) is 0 Å². The monoisotopic (exact) mass is 345 g/mol. The van der Waals surface area contributed by atoms with E-state index in [-0.39, 0.29) is 6.04 Å². The molecule has 1 aliphatic carbocycles. The fourth-order valence-electron chi connectivity index (χ4n) is 4.79. The number of amides is 1. The van der Waals surface area contributed by atoms with Crippen molar-refractivity contribution in [3.63, 3.8) is 0 Å². The first-order valence-electron chi connectivity index (χ1n) is 10.1. The number of fused-ring (bicyclic) bond motifs is 1. The number of likely N-dealkylation sites (tertiary alicyclic amines) is 1. The molecule has 0 N–H and O–H groups in total. The molecule has 1 atom stereocenters. The van der Waals surface area contributed by atoms with Gasteiger partial charge in [0.1, 0.15) is 5.82 Å². The maximum absolute atomic E-state index is 13.0. The highest BCUT2D eigenvalue weighted by molar-refractivity contribution is 5.77. The minimum atomic E-state index is 0.140. The van der Waals surface area contributed by atoms with E-state index in [1.807, 2.05) is 0 Å². The molecule has 2 fully saturated rings. The number of likely N-dealkylation sites (N-methyl/N-ethyl adjacent to an activating group) is 1. The SMILES string of the molecule is CN1CCc2nnc([C@@H]3CCCN3C(=O)CC3CCCCC3)n2CC1. The van der Waals surface area contributed by atoms with Gasteiger partial charge in [-0.05, 0) is 38.6 Å². The van der Waals surface area contributed by atoms with Crippen LogP contribution in [0.2, 0.25) is 0 Å². The minimum Gasteiger partial charge on any atom is -0.332 e. The Morgan fingerprint density at radius 2 is 1.84 bits per heavy atom. The van der Waals surface area contributed by atoms with E-state index in [0.717, 1.165) is 63.5 Å². The van der Waals surface area contributed by atoms with Crippen molar-refractivity contribution in [1.29, 1.82) is 0 Å². The number of aromatic nitrogens is 3. The van der Waals surface area contributed by atoms with Crippen LogP contribution >= 0.6 is 0 Å². The predicted molar refractivity (Wildman–Crippen MR) is 96.1 cm³/mol. The van der Waals surface area contributed by atoms with E-state index >= 15 is 0 Å². The molecule has 3 heterocycles. The van der Waals surface area contributed by atoms with E-state index in [9.17, 15) is 4.79 Å². The van der Waals surface area contributed by atoms with Crippen molar-refractivity contribution in [1.82, 2.24) is 24.6 Å². The van der Waals surface area contributed by atoms with Crippen molar-refractivity contribution in [3.05, 3.63) is 11.6 Å². The Labute approximate surface area is 150 Å². The smallest absolute Gasteiger partial charge is 0.223 e. The van der Waals surface area contributed by atoms with Gasteiger partial charge in [-0.2, -0.15) is 0 Å². The highest BCUT2D eigenvalue weighted by Gasteiger charge is 2.35. The maximum Gasteiger partial charge on any atom is 0.223 e. The summed E-state index contributed by atoms with van der Waals surface area (Å²) in [4.78, 5) is 17.4. The van der Waals surface area contributed by atoms with Crippen molar-refractivity contribution < 1.29 is 4.79 Å². The molecule has 0 spiro atoms. The molecular weight excluding hydrogens is 314 g/mol. The van der Waals surface area contributed by atoms with E-state index in [2.05, 4.69) is 31.6 Å². The number of nitrogens with zero attached hydrogens (tertiary/aromatic N) is 5. The lowest BCUT2D eigenvalue weighted by atomic mass is 9.86. The Bertz CT molecular complexity index is 607. The van der Waals surface area contributed by atoms with Crippen LogP contribution in [0.5, 0.6) is 0 Å². The summed E-state index contributed by atoms with van der Waals surface area (Å²) in [5, 5.41) is 8.98. The molecule has 25 heavy (non-hydrogen) atoms. The van der Waals surface area contributed by atoms with Gasteiger partial charge in [0.05, 0.1) is 6.04 Å². The van der Waals surface area contributed by atoms with Gasteiger partial charge in [-0.3, -0.25) is 4.79 Å². The van der Waals surface area contributed by atoms with Gasteiger partial charge in [-0.1, -0.05) is 19.3 Å². The summed E-state index contributed by atoms with van der Waals surface area (Å²) in [6.45, 7) is 3.89. The number of carbonyl (C=O) groups excluding carboxylic acids is 1. The minimum absolute atomic E-state index is 0.140. The lowest BCUT2D eigenvalue weighted by molar-refractivity contribution is -0.133. The summed E-state index contributed by atoms with van der Waals surface area (Å²) in [6.07, 6.45) is 10.2. The van der Waals surface area contributed by atoms with Crippen LogP contribution < -0.4 is 0 Å². The molecule has 138 valence electrons. The van der Waals surface area contributed by atoms with E-state index in [1.54, 1.807) is 0 Å². The number of hydrogen-bond donors (Lipinski definition) is 0. The molecule has 6 nitrogen and oxygen atoms in total. The molecule has 2 aliphatic heterocycles. The van der Waals surface area contributed by atoms with Crippen molar-refractivity contribution in [2.24, 2.45) is 5.92 Å². The molecule has 1 aromatic rings. The maximum atomic E-state index is 13.0. The summed E-state index contributed by atoms with van der Waals surface area (Å²) >= 11 is 0. The van der Waals surface area contributed by atoms with Crippen LogP contribution in [0.15, 0.2) is 0 Å². The Hall–Kier alpha value is -1.43. The van der Waals surface area contributed by atoms with Gasteiger partial charge < -0.3 is 14.4 Å². The lowest BCUT2D eigenvalue weighted by Crippen LogP contribution is -2.34. The summed E-state index contributed by atoms with van der Waals surface area (Å²) in [6, 6.07) is 0.140. The lowest BCUT2D eigenvalue weighted by Gasteiger charge is -2.28. The Morgan fingerprint density at radius 1 is 1.00 bits per heavy atom. The van der Waals surface area contributed by atoms with E-state index < -0.39 is 0 Å². The van der Waals surface area contributed by atoms with Gasteiger partial charge in [0.15, 0.2) is 5.82 Å². The Kier molecular flexibility index (Phi) is 5.06. The van der Waals surface area contributed by atoms with Crippen molar-refractivity contribution in [3.8, 4) is 0 Å². The second kappa shape index (κ2) is 7.44. The zero-order valence-corrected chi connectivity index (χ0v) is 15.5. The van der Waals surface area contributed by atoms with Gasteiger partial charge in [-0.15, -0.1) is 10.2 Å². The largest absolute Gasteiger partial charge is 0.332 e. The molecule has 1 amide bonds. The number of hydrogen-bond acceptors (Lipinski definition) is 4. The topological polar surface area (TPSA) is 54.3 Å². The van der Waals surface area contributed by atoms with Crippen molar-refractivity contribution in [2.75, 3.05) is 26.7 Å². The fraction of sp³-hybridized carbons (Fsp3) is 0.842. The van der Waals surface area contributed by atoms with Gasteiger partial charge in [-0.25, -0.2) is 0 Å². The molecule has 0 aromatic carbocycles. The number of carbonyl (C=O) groups is 1. The van der Waals surface area contributed by atoms with Crippen LogP contribution in [-0.4, -0.2) is 57.2 Å². The quantitative estimate of drug-likeness (QED) is 0.844. The van der Waals surface area contributed by atoms with Gasteiger partial charge >= 0.3 is 0 Å². The first-order valence-corrected chi connectivity index (χ1v) is 10.1. The van der Waals surface area contributed by atoms with Crippen LogP contribution in [-0.2, 0) is 17.8 Å². The molecule has 1 saturated heterocycles. The second-order valence-corrected chi connectivity index (χ2v) is 8.13. The van der Waals surface area contributed by atoms with Crippen molar-refractivity contribution in [2.45, 2.75) is 70.4 Å². The fourth-order valence-corrected chi connectivity index (χ4v) is 4.79. The molecule has 0 bridgehead atoms. The molecule has 1 aromatic heterocycles. The normalized spacial score (nSPS) is 25.8. The average Bonchev–Trinajstić information content (AvgIpc) is 3.21. The van der Waals surface area contributed by atoms with Gasteiger partial charge in [0.2, 0.25) is 5.91 Å². The highest BCUT2D eigenvalue weighted by atomic mass is 16.2. The van der Waals surface area contributed by atoms with Crippen LogP contribution in [0.1, 0.15) is 69.1 Å². The van der Waals surface area contributed by atoms with E-state index in [1.165, 1.54) is 32.1 Å². The second-order valence-electron chi connectivity index (χ2n) is 8.13. The first kappa shape index (κ1) is 17.0. The predicted octanol–water partition coefficient (Wildman–Crippen LogP) is 2.40. The first-order chi connectivity index (χ1) is 12.2. The average molecular weight is 345 g/mol. The third-order valence-corrected chi connectivity index (χ3v) is 6.34. The van der Waals surface area contributed by atoms with Gasteiger partial charge in [0, 0.05) is 39.0 Å². The standard InChI is InChI=1S/C19H31N5O/c1-22-11-9-17-20-21-19(24(17)13-12-22)16-8-5-10-23(16)18(25)14-15-6-3-2-4-7-15/h15-16H,2-14H2,1H3/t16-/m0/s1. The molecule has 6 heteroatoms. The highest BCUT2D eigenvalue weighted by Crippen LogP contribution is 2.34. The summed E-state index contributed by atoms with van der Waals surface area (Å²) in [7, 11) is 2.16. The van der Waals surface area contributed by atoms with E-state index in [0.29, 0.717) is 11.8 Å². The van der Waals surface area contributed by atoms with Crippen LogP contribution in [0.4, 0.5) is 0 Å². The molecular formula is C19H31N5O. The zero-order valence-electron chi connectivity index (χ0n) is 15.5. The third kappa shape index (κ3) is 3.59. The van der Waals surface area contributed by atoms with Crippen LogP contribution in [0.3, 0.4) is 0 Å². The zero-order chi connectivity index (χ0) is 17.2. The van der Waals surface area contributed by atoms with Gasteiger partial charge in [0.25, 0.3) is 0 Å². The molecule has 4 rings (SSSR count). The number of rotatable bonds is 3. The Balaban J connectivity index is 1.48. The van der Waals surface area contributed by atoms with E-state index in [4.69, 9.17) is 0 Å². The third-order valence-electron chi connectivity index (χ3n) is 6.34. The molecule has 0 unspecified atom stereocenters. The summed E-state index contributed by atoms with van der Waals surface area (Å²) < 4.78 is 2.29. The molecule has 1 saturated carbocycles. The van der Waals surface area contributed by atoms with Crippen molar-refractivity contribution >= 4 is 5.91 Å². The van der Waals surface area contributed by atoms with Crippen LogP contribution in [0, 0.1) is 5.92 Å². The summed E-state index contributed by atoms with van der Waals surface area (Å²) in [5.41, 5.74) is 0. The Morgan fingerprint density at radius 3 is 2.68 bits per heavy atom.